The van der Waals surface area contributed by atoms with Gasteiger partial charge in [0.25, 0.3) is 10.2 Å². The lowest BCUT2D eigenvalue weighted by molar-refractivity contribution is -0.126. The van der Waals surface area contributed by atoms with Gasteiger partial charge in [0.05, 0.1) is 12.0 Å². The Hall–Kier alpha value is -1.44. The van der Waals surface area contributed by atoms with Gasteiger partial charge in [0, 0.05) is 27.2 Å². The van der Waals surface area contributed by atoms with E-state index in [0.717, 1.165) is 17.5 Å². The third kappa shape index (κ3) is 4.64. The number of piperidine rings is 1. The molecular formula is C19H31N3O3S. The Morgan fingerprint density at radius 2 is 2.04 bits per heavy atom. The van der Waals surface area contributed by atoms with Crippen molar-refractivity contribution >= 4 is 16.1 Å². The average Bonchev–Trinajstić information content (AvgIpc) is 2.60. The van der Waals surface area contributed by atoms with E-state index in [1.165, 1.54) is 28.3 Å². The molecule has 0 saturated carbocycles. The van der Waals surface area contributed by atoms with Gasteiger partial charge in [-0.3, -0.25) is 4.79 Å². The van der Waals surface area contributed by atoms with E-state index in [4.69, 9.17) is 0 Å². The van der Waals surface area contributed by atoms with Gasteiger partial charge in [-0.2, -0.15) is 17.0 Å². The highest BCUT2D eigenvalue weighted by Gasteiger charge is 2.34. The molecular weight excluding hydrogens is 350 g/mol. The van der Waals surface area contributed by atoms with Crippen LogP contribution in [0.3, 0.4) is 0 Å². The van der Waals surface area contributed by atoms with Crippen LogP contribution in [0.1, 0.15) is 48.9 Å². The molecule has 0 spiro atoms. The molecule has 1 aromatic rings. The van der Waals surface area contributed by atoms with E-state index in [2.05, 4.69) is 37.4 Å². The Bertz CT molecular complexity index is 746. The van der Waals surface area contributed by atoms with Gasteiger partial charge in [-0.25, -0.2) is 0 Å². The minimum atomic E-state index is -3.48. The largest absolute Gasteiger partial charge is 0.349 e. The van der Waals surface area contributed by atoms with Crippen LogP contribution in [0.15, 0.2) is 18.2 Å². The van der Waals surface area contributed by atoms with E-state index in [9.17, 15) is 13.2 Å². The van der Waals surface area contributed by atoms with Crippen molar-refractivity contribution in [2.75, 3.05) is 27.2 Å². The van der Waals surface area contributed by atoms with E-state index in [1.54, 1.807) is 0 Å². The first-order chi connectivity index (χ1) is 12.2. The number of rotatable bonds is 6. The van der Waals surface area contributed by atoms with Crippen LogP contribution in [0.25, 0.3) is 0 Å². The summed E-state index contributed by atoms with van der Waals surface area (Å²) >= 11 is 0. The van der Waals surface area contributed by atoms with Gasteiger partial charge in [-0.05, 0) is 44.2 Å². The number of amides is 1. The molecule has 1 saturated heterocycles. The quantitative estimate of drug-likeness (QED) is 0.823. The molecule has 1 heterocycles. The molecule has 0 bridgehead atoms. The second-order valence-corrected chi connectivity index (χ2v) is 9.46. The van der Waals surface area contributed by atoms with Gasteiger partial charge in [-0.1, -0.05) is 30.7 Å². The highest BCUT2D eigenvalue weighted by atomic mass is 32.2. The maximum atomic E-state index is 12.8. The minimum Gasteiger partial charge on any atom is -0.349 e. The van der Waals surface area contributed by atoms with Gasteiger partial charge in [-0.15, -0.1) is 0 Å². The van der Waals surface area contributed by atoms with Gasteiger partial charge in [0.2, 0.25) is 5.91 Å². The molecule has 1 fully saturated rings. The van der Waals surface area contributed by atoms with E-state index in [-0.39, 0.29) is 24.4 Å². The molecule has 2 rings (SSSR count). The number of carbonyl (C=O) groups is 1. The van der Waals surface area contributed by atoms with Crippen molar-refractivity contribution in [3.63, 3.8) is 0 Å². The van der Waals surface area contributed by atoms with Crippen LogP contribution in [-0.2, 0) is 15.0 Å². The molecule has 1 amide bonds. The normalized spacial score (nSPS) is 20.2. The molecule has 0 aliphatic carbocycles. The topological polar surface area (TPSA) is 69.7 Å². The second-order valence-electron chi connectivity index (χ2n) is 7.32. The predicted molar refractivity (Wildman–Crippen MR) is 104 cm³/mol. The van der Waals surface area contributed by atoms with Gasteiger partial charge in [0.15, 0.2) is 0 Å². The number of nitrogens with zero attached hydrogens (tertiary/aromatic N) is 2. The zero-order chi connectivity index (χ0) is 19.5. The number of hydrogen-bond acceptors (Lipinski definition) is 3. The zero-order valence-electron chi connectivity index (χ0n) is 16.4. The van der Waals surface area contributed by atoms with Crippen molar-refractivity contribution in [2.45, 2.75) is 46.1 Å². The smallest absolute Gasteiger partial charge is 0.281 e. The van der Waals surface area contributed by atoms with E-state index in [0.29, 0.717) is 19.4 Å². The van der Waals surface area contributed by atoms with Crippen molar-refractivity contribution in [2.24, 2.45) is 5.92 Å². The Morgan fingerprint density at radius 3 is 2.62 bits per heavy atom. The summed E-state index contributed by atoms with van der Waals surface area (Å²) in [6, 6.07) is 6.20. The Kier molecular flexibility index (Phi) is 6.82. The van der Waals surface area contributed by atoms with Crippen LogP contribution < -0.4 is 5.32 Å². The third-order valence-electron chi connectivity index (χ3n) is 5.07. The fraction of sp³-hybridized carbons (Fsp3) is 0.632. The Balaban J connectivity index is 2.10. The van der Waals surface area contributed by atoms with Crippen LogP contribution in [-0.4, -0.2) is 50.1 Å². The molecule has 2 atom stereocenters. The molecule has 2 unspecified atom stereocenters. The Morgan fingerprint density at radius 1 is 1.35 bits per heavy atom. The second kappa shape index (κ2) is 8.50. The van der Waals surface area contributed by atoms with Crippen LogP contribution in [0.5, 0.6) is 0 Å². The molecule has 0 aromatic heterocycles. The molecule has 1 N–H and O–H groups in total. The van der Waals surface area contributed by atoms with Crippen LogP contribution in [0.4, 0.5) is 0 Å². The molecule has 6 nitrogen and oxygen atoms in total. The van der Waals surface area contributed by atoms with E-state index in [1.807, 2.05) is 6.92 Å². The van der Waals surface area contributed by atoms with Gasteiger partial charge >= 0.3 is 0 Å². The molecule has 26 heavy (non-hydrogen) atoms. The summed E-state index contributed by atoms with van der Waals surface area (Å²) in [6.45, 7) is 6.88. The first-order valence-corrected chi connectivity index (χ1v) is 10.6. The summed E-state index contributed by atoms with van der Waals surface area (Å²) in [4.78, 5) is 12.8. The zero-order valence-corrected chi connectivity index (χ0v) is 17.3. The van der Waals surface area contributed by atoms with Crippen molar-refractivity contribution in [1.29, 1.82) is 0 Å². The summed E-state index contributed by atoms with van der Waals surface area (Å²) in [5.41, 5.74) is 3.49. The highest BCUT2D eigenvalue weighted by Crippen LogP contribution is 2.25. The lowest BCUT2D eigenvalue weighted by Crippen LogP contribution is -2.49. The van der Waals surface area contributed by atoms with Gasteiger partial charge < -0.3 is 5.32 Å². The van der Waals surface area contributed by atoms with Crippen molar-refractivity contribution < 1.29 is 13.2 Å². The average molecular weight is 382 g/mol. The molecule has 1 aromatic carbocycles. The Labute approximate surface area is 157 Å². The first-order valence-electron chi connectivity index (χ1n) is 9.22. The summed E-state index contributed by atoms with van der Waals surface area (Å²) < 4.78 is 27.3. The van der Waals surface area contributed by atoms with Crippen molar-refractivity contribution in [3.8, 4) is 0 Å². The SMILES string of the molecule is CCC(NC(=O)C1CCCN(S(=O)(=O)N(C)C)C1)c1ccc(C)cc1C. The summed E-state index contributed by atoms with van der Waals surface area (Å²) in [5.74, 6) is -0.367. The monoisotopic (exact) mass is 381 g/mol. The van der Waals surface area contributed by atoms with Crippen LogP contribution in [0, 0.1) is 19.8 Å². The number of nitrogens with one attached hydrogen (secondary N) is 1. The number of benzene rings is 1. The summed E-state index contributed by atoms with van der Waals surface area (Å²) in [7, 11) is -0.437. The number of hydrogen-bond donors (Lipinski definition) is 1. The lowest BCUT2D eigenvalue weighted by Gasteiger charge is -2.33. The lowest BCUT2D eigenvalue weighted by atomic mass is 9.95. The number of aryl methyl sites for hydroxylation is 2. The number of carbonyl (C=O) groups excluding carboxylic acids is 1. The fourth-order valence-electron chi connectivity index (χ4n) is 3.50. The van der Waals surface area contributed by atoms with E-state index >= 15 is 0 Å². The standard InChI is InChI=1S/C19H31N3O3S/c1-6-18(17-10-9-14(2)12-15(17)3)20-19(23)16-8-7-11-22(13-16)26(24,25)21(4)5/h9-10,12,16,18H,6-8,11,13H2,1-5H3,(H,20,23). The van der Waals surface area contributed by atoms with Crippen molar-refractivity contribution in [1.82, 2.24) is 13.9 Å². The maximum Gasteiger partial charge on any atom is 0.281 e. The van der Waals surface area contributed by atoms with Crippen LogP contribution >= 0.6 is 0 Å². The molecule has 146 valence electrons. The predicted octanol–water partition coefficient (Wildman–Crippen LogP) is 2.39. The minimum absolute atomic E-state index is 0.0519. The summed E-state index contributed by atoms with van der Waals surface area (Å²) in [6.07, 6.45) is 2.21. The fourth-order valence-corrected chi connectivity index (χ4v) is 4.69. The van der Waals surface area contributed by atoms with E-state index < -0.39 is 10.2 Å². The molecule has 1 aliphatic heterocycles. The van der Waals surface area contributed by atoms with Crippen molar-refractivity contribution in [3.05, 3.63) is 34.9 Å². The van der Waals surface area contributed by atoms with Gasteiger partial charge in [0.1, 0.15) is 0 Å². The third-order valence-corrected chi connectivity index (χ3v) is 6.98. The highest BCUT2D eigenvalue weighted by molar-refractivity contribution is 7.86. The molecule has 7 heteroatoms. The molecule has 0 radical (unpaired) electrons. The first kappa shape index (κ1) is 20.9. The van der Waals surface area contributed by atoms with Crippen LogP contribution in [0.2, 0.25) is 0 Å². The molecule has 1 aliphatic rings. The summed E-state index contributed by atoms with van der Waals surface area (Å²) in [5, 5.41) is 3.14. The maximum absolute atomic E-state index is 12.8.